The van der Waals surface area contributed by atoms with E-state index in [9.17, 15) is 27.6 Å². The SMILES string of the molecule is Cc1c(C(=O)NC2CCCN(C(=O)C3(C(F)(F)F)CCCCO3)C2)cnn1-c1ccc(=O)[nH]n1. The number of carbonyl (C=O) groups excluding carboxylic acids is 2. The van der Waals surface area contributed by atoms with E-state index >= 15 is 0 Å². The zero-order chi connectivity index (χ0) is 24.5. The van der Waals surface area contributed by atoms with E-state index < -0.39 is 36.1 Å². The quantitative estimate of drug-likeness (QED) is 0.681. The highest BCUT2D eigenvalue weighted by Crippen LogP contribution is 2.42. The first-order valence-corrected chi connectivity index (χ1v) is 11.0. The largest absolute Gasteiger partial charge is 0.426 e. The summed E-state index contributed by atoms with van der Waals surface area (Å²) in [5.74, 6) is -1.24. The molecule has 0 bridgehead atoms. The zero-order valence-corrected chi connectivity index (χ0v) is 18.5. The number of carbonyl (C=O) groups is 2. The van der Waals surface area contributed by atoms with E-state index in [-0.39, 0.29) is 37.2 Å². The lowest BCUT2D eigenvalue weighted by atomic mass is 9.90. The molecule has 2 atom stereocenters. The van der Waals surface area contributed by atoms with Gasteiger partial charge in [0.1, 0.15) is 0 Å². The Hall–Kier alpha value is -3.22. The van der Waals surface area contributed by atoms with Gasteiger partial charge in [-0.2, -0.15) is 23.4 Å². The Kier molecular flexibility index (Phi) is 6.47. The van der Waals surface area contributed by atoms with Gasteiger partial charge in [0.25, 0.3) is 17.4 Å². The summed E-state index contributed by atoms with van der Waals surface area (Å²) in [6, 6.07) is 2.21. The Morgan fingerprint density at radius 1 is 1.26 bits per heavy atom. The molecule has 2 unspecified atom stereocenters. The first-order valence-electron chi connectivity index (χ1n) is 11.0. The van der Waals surface area contributed by atoms with Gasteiger partial charge in [0.15, 0.2) is 5.82 Å². The Balaban J connectivity index is 1.46. The number of piperidine rings is 1. The number of rotatable bonds is 4. The molecule has 0 aliphatic carbocycles. The molecule has 13 heteroatoms. The van der Waals surface area contributed by atoms with Crippen LogP contribution < -0.4 is 10.9 Å². The zero-order valence-electron chi connectivity index (χ0n) is 18.5. The third-order valence-electron chi connectivity index (χ3n) is 6.25. The minimum atomic E-state index is -4.82. The van der Waals surface area contributed by atoms with Crippen LogP contribution in [0.15, 0.2) is 23.1 Å². The summed E-state index contributed by atoms with van der Waals surface area (Å²) in [6.45, 7) is 1.66. The summed E-state index contributed by atoms with van der Waals surface area (Å²) < 4.78 is 48.0. The maximum Gasteiger partial charge on any atom is 0.426 e. The lowest BCUT2D eigenvalue weighted by Crippen LogP contribution is -2.63. The van der Waals surface area contributed by atoms with Gasteiger partial charge in [0, 0.05) is 31.8 Å². The molecule has 4 rings (SSSR count). The summed E-state index contributed by atoms with van der Waals surface area (Å²) >= 11 is 0. The van der Waals surface area contributed by atoms with Crippen LogP contribution in [0, 0.1) is 6.92 Å². The molecule has 2 aliphatic rings. The van der Waals surface area contributed by atoms with Gasteiger partial charge in [0.05, 0.1) is 17.5 Å². The van der Waals surface area contributed by atoms with E-state index in [0.29, 0.717) is 30.8 Å². The Labute approximate surface area is 192 Å². The first-order chi connectivity index (χ1) is 16.1. The molecule has 0 spiro atoms. The van der Waals surface area contributed by atoms with Crippen molar-refractivity contribution >= 4 is 11.8 Å². The number of halogens is 3. The fraction of sp³-hybridized carbons (Fsp3) is 0.571. The van der Waals surface area contributed by atoms with E-state index in [2.05, 4.69) is 20.6 Å². The monoisotopic (exact) mass is 482 g/mol. The highest BCUT2D eigenvalue weighted by atomic mass is 19.4. The molecule has 4 heterocycles. The van der Waals surface area contributed by atoms with Crippen molar-refractivity contribution in [3.05, 3.63) is 39.9 Å². The minimum absolute atomic E-state index is 0.0412. The van der Waals surface area contributed by atoms with E-state index in [1.165, 1.54) is 23.0 Å². The normalized spacial score (nSPS) is 23.5. The number of likely N-dealkylation sites (tertiary alicyclic amines) is 1. The Morgan fingerprint density at radius 3 is 2.71 bits per heavy atom. The first kappa shape index (κ1) is 23.9. The maximum atomic E-state index is 13.9. The smallest absolute Gasteiger partial charge is 0.357 e. The number of alkyl halides is 3. The number of amides is 2. The summed E-state index contributed by atoms with van der Waals surface area (Å²) in [6.07, 6.45) is -2.17. The van der Waals surface area contributed by atoms with Crippen LogP contribution in [-0.4, -0.2) is 74.2 Å². The molecule has 2 fully saturated rings. The van der Waals surface area contributed by atoms with Crippen LogP contribution in [0.5, 0.6) is 0 Å². The van der Waals surface area contributed by atoms with Gasteiger partial charge in [0.2, 0.25) is 5.60 Å². The molecular formula is C21H25F3N6O4. The second-order valence-electron chi connectivity index (χ2n) is 8.53. The van der Waals surface area contributed by atoms with Gasteiger partial charge in [-0.3, -0.25) is 14.4 Å². The number of nitrogens with one attached hydrogen (secondary N) is 2. The summed E-state index contributed by atoms with van der Waals surface area (Å²) in [5.41, 5.74) is -2.49. The molecule has 2 aromatic rings. The van der Waals surface area contributed by atoms with E-state index in [1.807, 2.05) is 0 Å². The van der Waals surface area contributed by atoms with Crippen molar-refractivity contribution in [2.24, 2.45) is 0 Å². The highest BCUT2D eigenvalue weighted by molar-refractivity contribution is 5.95. The number of hydrogen-bond acceptors (Lipinski definition) is 6. The van der Waals surface area contributed by atoms with Crippen LogP contribution in [0.1, 0.15) is 48.2 Å². The molecule has 2 saturated heterocycles. The summed E-state index contributed by atoms with van der Waals surface area (Å²) in [7, 11) is 0. The Bertz CT molecular complexity index is 1100. The molecule has 0 saturated carbocycles. The average Bonchev–Trinajstić information content (AvgIpc) is 3.20. The maximum absolute atomic E-state index is 13.9. The molecule has 2 N–H and O–H groups in total. The fourth-order valence-corrected chi connectivity index (χ4v) is 4.42. The van der Waals surface area contributed by atoms with Crippen LogP contribution in [0.3, 0.4) is 0 Å². The highest BCUT2D eigenvalue weighted by Gasteiger charge is 2.63. The minimum Gasteiger partial charge on any atom is -0.357 e. The second-order valence-corrected chi connectivity index (χ2v) is 8.53. The molecule has 0 aromatic carbocycles. The molecular weight excluding hydrogens is 457 g/mol. The predicted molar refractivity (Wildman–Crippen MR) is 112 cm³/mol. The van der Waals surface area contributed by atoms with Gasteiger partial charge in [-0.25, -0.2) is 9.78 Å². The van der Waals surface area contributed by atoms with Gasteiger partial charge >= 0.3 is 6.18 Å². The summed E-state index contributed by atoms with van der Waals surface area (Å²) in [4.78, 5) is 38.2. The standard InChI is InChI=1S/C21H25F3N6O4/c1-13-15(11-25-30(13)16-6-7-17(31)28-27-16)18(32)26-14-5-4-9-29(12-14)19(33)20(21(22,23)24)8-2-3-10-34-20/h6-7,11,14H,2-5,8-10,12H2,1H3,(H,26,32)(H,28,31). The van der Waals surface area contributed by atoms with Gasteiger partial charge in [-0.1, -0.05) is 0 Å². The lowest BCUT2D eigenvalue weighted by Gasteiger charge is -2.42. The van der Waals surface area contributed by atoms with Crippen molar-refractivity contribution in [3.8, 4) is 5.82 Å². The van der Waals surface area contributed by atoms with Crippen LogP contribution >= 0.6 is 0 Å². The van der Waals surface area contributed by atoms with Crippen LogP contribution in [-0.2, 0) is 9.53 Å². The third-order valence-corrected chi connectivity index (χ3v) is 6.25. The molecule has 2 aliphatic heterocycles. The topological polar surface area (TPSA) is 122 Å². The van der Waals surface area contributed by atoms with Crippen molar-refractivity contribution < 1.29 is 27.5 Å². The van der Waals surface area contributed by atoms with E-state index in [1.54, 1.807) is 6.92 Å². The molecule has 10 nitrogen and oxygen atoms in total. The molecule has 184 valence electrons. The van der Waals surface area contributed by atoms with Crippen molar-refractivity contribution in [2.75, 3.05) is 19.7 Å². The lowest BCUT2D eigenvalue weighted by molar-refractivity contribution is -0.281. The number of aromatic amines is 1. The molecule has 34 heavy (non-hydrogen) atoms. The number of nitrogens with zero attached hydrogens (tertiary/aromatic N) is 4. The summed E-state index contributed by atoms with van der Waals surface area (Å²) in [5, 5.41) is 13.1. The van der Waals surface area contributed by atoms with Crippen LogP contribution in [0.25, 0.3) is 5.82 Å². The fourth-order valence-electron chi connectivity index (χ4n) is 4.42. The second kappa shape index (κ2) is 9.20. The van der Waals surface area contributed by atoms with E-state index in [4.69, 9.17) is 4.74 Å². The Morgan fingerprint density at radius 2 is 2.06 bits per heavy atom. The number of H-pyrrole nitrogens is 1. The van der Waals surface area contributed by atoms with Crippen molar-refractivity contribution in [3.63, 3.8) is 0 Å². The molecule has 0 radical (unpaired) electrons. The van der Waals surface area contributed by atoms with Crippen LogP contribution in [0.2, 0.25) is 0 Å². The van der Waals surface area contributed by atoms with E-state index in [0.717, 1.165) is 4.90 Å². The van der Waals surface area contributed by atoms with Crippen LogP contribution in [0.4, 0.5) is 13.2 Å². The average molecular weight is 482 g/mol. The predicted octanol–water partition coefficient (Wildman–Crippen LogP) is 1.49. The van der Waals surface area contributed by atoms with Crippen molar-refractivity contribution in [1.29, 1.82) is 0 Å². The number of ether oxygens (including phenoxy) is 1. The van der Waals surface area contributed by atoms with Gasteiger partial charge in [-0.15, -0.1) is 0 Å². The molecule has 2 aromatic heterocycles. The number of hydrogen-bond donors (Lipinski definition) is 2. The third kappa shape index (κ3) is 4.43. The number of aromatic nitrogens is 4. The van der Waals surface area contributed by atoms with Gasteiger partial charge in [-0.05, 0) is 45.1 Å². The van der Waals surface area contributed by atoms with Crippen molar-refractivity contribution in [2.45, 2.75) is 56.8 Å². The van der Waals surface area contributed by atoms with Gasteiger partial charge < -0.3 is 15.0 Å². The van der Waals surface area contributed by atoms with Crippen molar-refractivity contribution in [1.82, 2.24) is 30.2 Å². The molecule has 2 amide bonds.